The summed E-state index contributed by atoms with van der Waals surface area (Å²) in [6.07, 6.45) is 1.73. The second-order valence-corrected chi connectivity index (χ2v) is 6.40. The highest BCUT2D eigenvalue weighted by Gasteiger charge is 2.22. The van der Waals surface area contributed by atoms with E-state index >= 15 is 0 Å². The molecule has 0 aromatic heterocycles. The summed E-state index contributed by atoms with van der Waals surface area (Å²) >= 11 is 1.30. The molecule has 1 aliphatic heterocycles. The first kappa shape index (κ1) is 15.4. The van der Waals surface area contributed by atoms with Gasteiger partial charge in [0.25, 0.3) is 5.91 Å². The Labute approximate surface area is 139 Å². The number of hydrogen-bond donors (Lipinski definition) is 2. The quantitative estimate of drug-likeness (QED) is 0.817. The number of thioether (sulfide) groups is 1. The maximum absolute atomic E-state index is 12.0. The van der Waals surface area contributed by atoms with Gasteiger partial charge in [-0.1, -0.05) is 29.8 Å². The zero-order valence-corrected chi connectivity index (χ0v) is 13.6. The van der Waals surface area contributed by atoms with Gasteiger partial charge in [0.2, 0.25) is 0 Å². The minimum absolute atomic E-state index is 0.171. The highest BCUT2D eigenvalue weighted by Crippen LogP contribution is 2.30. The molecule has 0 atom stereocenters. The molecular formula is C18H16N2O2S. The lowest BCUT2D eigenvalue weighted by Crippen LogP contribution is -2.06. The monoisotopic (exact) mass is 324 g/mol. The van der Waals surface area contributed by atoms with Crippen LogP contribution in [0.1, 0.15) is 16.7 Å². The molecule has 1 aliphatic rings. The van der Waals surface area contributed by atoms with Crippen molar-refractivity contribution in [1.29, 1.82) is 0 Å². The van der Waals surface area contributed by atoms with Crippen molar-refractivity contribution in [1.82, 2.24) is 0 Å². The molecule has 0 saturated heterocycles. The van der Waals surface area contributed by atoms with Crippen molar-refractivity contribution in [2.75, 3.05) is 5.32 Å². The highest BCUT2D eigenvalue weighted by molar-refractivity contribution is 8.18. The smallest absolute Gasteiger partial charge is 0.286 e. The molecule has 2 aromatic rings. The number of rotatable bonds is 2. The third-order valence-electron chi connectivity index (χ3n) is 3.41. The lowest BCUT2D eigenvalue weighted by Gasteiger charge is -2.08. The topological polar surface area (TPSA) is 61.7 Å². The number of amides is 1. The normalized spacial score (nSPS) is 15.8. The molecule has 0 spiro atoms. The Bertz CT molecular complexity index is 841. The zero-order chi connectivity index (χ0) is 16.4. The first-order chi connectivity index (χ1) is 11.0. The number of hydrogen-bond acceptors (Lipinski definition) is 4. The van der Waals surface area contributed by atoms with Gasteiger partial charge >= 0.3 is 0 Å². The van der Waals surface area contributed by atoms with Crippen LogP contribution in [-0.2, 0) is 4.79 Å². The summed E-state index contributed by atoms with van der Waals surface area (Å²) in [6.45, 7) is 4.05. The molecule has 3 rings (SSSR count). The van der Waals surface area contributed by atoms with Crippen molar-refractivity contribution in [2.45, 2.75) is 13.8 Å². The van der Waals surface area contributed by atoms with Crippen LogP contribution in [0.5, 0.6) is 5.75 Å². The van der Waals surface area contributed by atoms with Crippen LogP contribution in [0.2, 0.25) is 0 Å². The van der Waals surface area contributed by atoms with Gasteiger partial charge in [-0.3, -0.25) is 4.79 Å². The van der Waals surface area contributed by atoms with Crippen molar-refractivity contribution in [3.63, 3.8) is 0 Å². The second kappa shape index (κ2) is 6.30. The predicted molar refractivity (Wildman–Crippen MR) is 95.7 cm³/mol. The van der Waals surface area contributed by atoms with Crippen LogP contribution in [-0.4, -0.2) is 16.2 Å². The molecule has 0 unspecified atom stereocenters. The third kappa shape index (κ3) is 3.63. The molecule has 1 heterocycles. The van der Waals surface area contributed by atoms with E-state index < -0.39 is 0 Å². The van der Waals surface area contributed by atoms with Crippen molar-refractivity contribution in [3.8, 4) is 5.75 Å². The summed E-state index contributed by atoms with van der Waals surface area (Å²) in [4.78, 5) is 16.6. The van der Waals surface area contributed by atoms with Crippen molar-refractivity contribution < 1.29 is 9.90 Å². The minimum Gasteiger partial charge on any atom is -0.508 e. The molecule has 2 N–H and O–H groups in total. The van der Waals surface area contributed by atoms with Gasteiger partial charge in [0.1, 0.15) is 5.75 Å². The molecule has 5 heteroatoms. The summed E-state index contributed by atoms with van der Waals surface area (Å²) in [5, 5.41) is 13.2. The van der Waals surface area contributed by atoms with E-state index in [2.05, 4.69) is 16.4 Å². The Morgan fingerprint density at radius 1 is 1.17 bits per heavy atom. The summed E-state index contributed by atoms with van der Waals surface area (Å²) in [6, 6.07) is 12.8. The lowest BCUT2D eigenvalue weighted by molar-refractivity contribution is -0.113. The first-order valence-electron chi connectivity index (χ1n) is 7.17. The van der Waals surface area contributed by atoms with Crippen LogP contribution >= 0.6 is 11.8 Å². The summed E-state index contributed by atoms with van der Waals surface area (Å²) < 4.78 is 0. The number of phenolic OH excluding ortho intramolecular Hbond substituents is 1. The van der Waals surface area contributed by atoms with Gasteiger partial charge in [-0.15, -0.1) is 0 Å². The number of amidine groups is 1. The Hall–Kier alpha value is -2.53. The molecule has 116 valence electrons. The van der Waals surface area contributed by atoms with Crippen LogP contribution in [0.4, 0.5) is 5.69 Å². The number of aliphatic imine (C=N–C) groups is 1. The average molecular weight is 324 g/mol. The third-order valence-corrected chi connectivity index (χ3v) is 4.31. The van der Waals surface area contributed by atoms with E-state index in [1.54, 1.807) is 24.3 Å². The molecule has 4 nitrogen and oxygen atoms in total. The van der Waals surface area contributed by atoms with Crippen molar-refractivity contribution in [3.05, 3.63) is 64.1 Å². The van der Waals surface area contributed by atoms with Crippen LogP contribution < -0.4 is 5.32 Å². The molecule has 0 bridgehead atoms. The van der Waals surface area contributed by atoms with E-state index in [9.17, 15) is 9.90 Å². The van der Waals surface area contributed by atoms with Crippen LogP contribution in [0.15, 0.2) is 52.4 Å². The van der Waals surface area contributed by atoms with Gasteiger partial charge in [-0.25, -0.2) is 0 Å². The predicted octanol–water partition coefficient (Wildman–Crippen LogP) is 4.09. The van der Waals surface area contributed by atoms with Gasteiger partial charge in [0, 0.05) is 5.69 Å². The fraction of sp³-hybridized carbons (Fsp3) is 0.111. The van der Waals surface area contributed by atoms with Crippen LogP contribution in [0.25, 0.3) is 6.08 Å². The van der Waals surface area contributed by atoms with Gasteiger partial charge in [-0.05, 0) is 61.0 Å². The molecule has 23 heavy (non-hydrogen) atoms. The maximum atomic E-state index is 12.0. The Morgan fingerprint density at radius 2 is 2.00 bits per heavy atom. The number of nitrogens with zero attached hydrogens (tertiary/aromatic N) is 1. The number of carbonyl (C=O) groups excluding carboxylic acids is 1. The molecule has 1 amide bonds. The number of anilines is 1. The minimum atomic E-state index is -0.273. The lowest BCUT2D eigenvalue weighted by atomic mass is 10.1. The van der Waals surface area contributed by atoms with E-state index in [0.29, 0.717) is 10.1 Å². The molecular weight excluding hydrogens is 308 g/mol. The zero-order valence-electron chi connectivity index (χ0n) is 12.8. The van der Waals surface area contributed by atoms with E-state index in [1.807, 2.05) is 32.0 Å². The fourth-order valence-electron chi connectivity index (χ4n) is 2.30. The average Bonchev–Trinajstić information content (AvgIpc) is 2.82. The molecule has 0 aliphatic carbocycles. The SMILES string of the molecule is Cc1ccc(NC2=NC(=O)/C(=C/c3cccc(O)c3)S2)c(C)c1. The fourth-order valence-corrected chi connectivity index (χ4v) is 3.12. The molecule has 0 fully saturated rings. The van der Waals surface area contributed by atoms with Gasteiger partial charge < -0.3 is 10.4 Å². The second-order valence-electron chi connectivity index (χ2n) is 5.37. The molecule has 0 saturated carbocycles. The Kier molecular flexibility index (Phi) is 4.21. The maximum Gasteiger partial charge on any atom is 0.286 e. The molecule has 2 aromatic carbocycles. The Balaban J connectivity index is 1.77. The largest absolute Gasteiger partial charge is 0.508 e. The van der Waals surface area contributed by atoms with Crippen molar-refractivity contribution >= 4 is 34.6 Å². The number of phenols is 1. The number of nitrogens with one attached hydrogen (secondary N) is 1. The van der Waals surface area contributed by atoms with Gasteiger partial charge in [0.15, 0.2) is 5.17 Å². The van der Waals surface area contributed by atoms with Gasteiger partial charge in [0.05, 0.1) is 4.91 Å². The van der Waals surface area contributed by atoms with Gasteiger partial charge in [-0.2, -0.15) is 4.99 Å². The number of aryl methyl sites for hydroxylation is 2. The summed E-state index contributed by atoms with van der Waals surface area (Å²) in [5.74, 6) is -0.102. The number of carbonyl (C=O) groups is 1. The van der Waals surface area contributed by atoms with E-state index in [4.69, 9.17) is 0 Å². The van der Waals surface area contributed by atoms with Crippen LogP contribution in [0, 0.1) is 13.8 Å². The number of benzene rings is 2. The standard InChI is InChI=1S/C18H16N2O2S/c1-11-6-7-15(12(2)8-11)19-18-20-17(22)16(23-18)10-13-4-3-5-14(21)9-13/h3-10,21H,1-2H3,(H,19,20,22)/b16-10-. The van der Waals surface area contributed by atoms with Crippen molar-refractivity contribution in [2.24, 2.45) is 4.99 Å². The van der Waals surface area contributed by atoms with Crippen LogP contribution in [0.3, 0.4) is 0 Å². The van der Waals surface area contributed by atoms with E-state index in [0.717, 1.165) is 16.8 Å². The van der Waals surface area contributed by atoms with E-state index in [-0.39, 0.29) is 11.7 Å². The Morgan fingerprint density at radius 3 is 2.74 bits per heavy atom. The summed E-state index contributed by atoms with van der Waals surface area (Å²) in [5.41, 5.74) is 4.00. The highest BCUT2D eigenvalue weighted by atomic mass is 32.2. The number of aromatic hydroxyl groups is 1. The first-order valence-corrected chi connectivity index (χ1v) is 7.99. The van der Waals surface area contributed by atoms with E-state index in [1.165, 1.54) is 17.3 Å². The molecule has 0 radical (unpaired) electrons. The summed E-state index contributed by atoms with van der Waals surface area (Å²) in [7, 11) is 0.